The van der Waals surface area contributed by atoms with E-state index in [0.717, 1.165) is 81.5 Å². The molecule has 0 aromatic heterocycles. The maximum atomic E-state index is 12.5. The number of aliphatic hydroxyl groups is 3. The van der Waals surface area contributed by atoms with Gasteiger partial charge in [0.2, 0.25) is 5.78 Å². The fraction of sp³-hybridized carbons (Fsp3) is 0.400. The highest BCUT2D eigenvalue weighted by Crippen LogP contribution is 2.22. The van der Waals surface area contributed by atoms with Gasteiger partial charge in [-0.1, -0.05) is 25.7 Å². The number of aliphatic imine (C=N–C) groups is 1. The molecule has 0 unspecified atom stereocenters. The van der Waals surface area contributed by atoms with E-state index in [1.54, 1.807) is 6.08 Å². The molecule has 3 rings (SSSR count). The topological polar surface area (TPSA) is 126 Å². The number of benzene rings is 2. The van der Waals surface area contributed by atoms with Gasteiger partial charge in [-0.3, -0.25) is 4.79 Å². The van der Waals surface area contributed by atoms with E-state index in [2.05, 4.69) is 20.9 Å². The molecule has 0 aliphatic heterocycles. The molecule has 1 aliphatic carbocycles. The summed E-state index contributed by atoms with van der Waals surface area (Å²) < 4.78 is 0. The van der Waals surface area contributed by atoms with Crippen LogP contribution in [0.5, 0.6) is 0 Å². The van der Waals surface area contributed by atoms with Gasteiger partial charge in [0.15, 0.2) is 0 Å². The predicted octanol–water partition coefficient (Wildman–Crippen LogP) is 5.71. The van der Waals surface area contributed by atoms with Gasteiger partial charge in [0.25, 0.3) is 0 Å². The zero-order chi connectivity index (χ0) is 27.0. The number of anilines is 3. The van der Waals surface area contributed by atoms with Crippen molar-refractivity contribution in [3.05, 3.63) is 72.1 Å². The molecule has 2 aromatic carbocycles. The summed E-state index contributed by atoms with van der Waals surface area (Å²) >= 11 is 0. The lowest BCUT2D eigenvalue weighted by atomic mass is 10.1. The fourth-order valence-corrected chi connectivity index (χ4v) is 4.01. The minimum Gasteiger partial charge on any atom is -0.506 e. The van der Waals surface area contributed by atoms with E-state index < -0.39 is 0 Å². The van der Waals surface area contributed by atoms with E-state index in [0.29, 0.717) is 11.4 Å². The van der Waals surface area contributed by atoms with E-state index in [4.69, 9.17) is 10.2 Å². The first kappa shape index (κ1) is 28.9. The Balaban J connectivity index is 1.54. The number of hydrogen-bond donors (Lipinski definition) is 6. The molecular weight excluding hydrogens is 480 g/mol. The maximum Gasteiger partial charge on any atom is 0.208 e. The normalized spacial score (nSPS) is 14.3. The minimum atomic E-state index is -0.350. The third-order valence-corrected chi connectivity index (χ3v) is 6.19. The molecule has 0 amide bonds. The standard InChI is InChI=1S/C30H40N4O4/c35-19-7-3-1-5-17-31-23-9-13-25(14-10-23)33-27-21-28(30(38)22-29(27)37)34-26-15-11-24(12-16-26)32-18-6-2-4-8-20-36/h9-16,21-22,31-33,35-37H,1-8,17-20H2. The summed E-state index contributed by atoms with van der Waals surface area (Å²) in [6, 6.07) is 15.3. The molecule has 8 nitrogen and oxygen atoms in total. The van der Waals surface area contributed by atoms with Crippen LogP contribution in [0.15, 0.2) is 77.1 Å². The largest absolute Gasteiger partial charge is 0.506 e. The number of nitrogens with one attached hydrogen (secondary N) is 3. The van der Waals surface area contributed by atoms with Gasteiger partial charge in [0, 0.05) is 49.4 Å². The van der Waals surface area contributed by atoms with Crippen molar-refractivity contribution < 1.29 is 20.1 Å². The lowest BCUT2D eigenvalue weighted by Crippen LogP contribution is -2.18. The number of rotatable bonds is 17. The van der Waals surface area contributed by atoms with Crippen molar-refractivity contribution in [2.75, 3.05) is 42.3 Å². The number of allylic oxidation sites excluding steroid dienone is 2. The van der Waals surface area contributed by atoms with E-state index in [1.807, 2.05) is 48.5 Å². The van der Waals surface area contributed by atoms with Crippen molar-refractivity contribution >= 4 is 34.2 Å². The number of unbranched alkanes of at least 4 members (excludes halogenated alkanes) is 6. The van der Waals surface area contributed by atoms with Crippen molar-refractivity contribution in [2.45, 2.75) is 51.4 Å². The summed E-state index contributed by atoms with van der Waals surface area (Å²) in [5.41, 5.74) is 4.08. The van der Waals surface area contributed by atoms with Gasteiger partial charge in [-0.25, -0.2) is 4.99 Å². The highest BCUT2D eigenvalue weighted by Gasteiger charge is 2.18. The second-order valence-electron chi connectivity index (χ2n) is 9.33. The second kappa shape index (κ2) is 16.3. The minimum absolute atomic E-state index is 0.127. The predicted molar refractivity (Wildman–Crippen MR) is 155 cm³/mol. The molecule has 0 radical (unpaired) electrons. The zero-order valence-corrected chi connectivity index (χ0v) is 22.0. The highest BCUT2D eigenvalue weighted by molar-refractivity contribution is 6.49. The number of carbonyl (C=O) groups excluding carboxylic acids is 1. The first-order valence-corrected chi connectivity index (χ1v) is 13.5. The number of aliphatic hydroxyl groups excluding tert-OH is 3. The van der Waals surface area contributed by atoms with Crippen LogP contribution >= 0.6 is 0 Å². The molecule has 0 heterocycles. The van der Waals surface area contributed by atoms with Gasteiger partial charge in [0.1, 0.15) is 11.5 Å². The molecule has 0 saturated carbocycles. The Bertz CT molecular complexity index is 1090. The van der Waals surface area contributed by atoms with Crippen LogP contribution in [0.4, 0.5) is 22.7 Å². The van der Waals surface area contributed by atoms with E-state index in [1.165, 1.54) is 6.08 Å². The van der Waals surface area contributed by atoms with Crippen LogP contribution < -0.4 is 16.0 Å². The average molecular weight is 521 g/mol. The molecular formula is C30H40N4O4. The van der Waals surface area contributed by atoms with Gasteiger partial charge in [-0.15, -0.1) is 0 Å². The highest BCUT2D eigenvalue weighted by atomic mass is 16.3. The lowest BCUT2D eigenvalue weighted by Gasteiger charge is -2.15. The van der Waals surface area contributed by atoms with Crippen LogP contribution in [-0.4, -0.2) is 53.1 Å². The van der Waals surface area contributed by atoms with Gasteiger partial charge < -0.3 is 31.3 Å². The number of ketones is 1. The van der Waals surface area contributed by atoms with Crippen LogP contribution in [0.1, 0.15) is 51.4 Å². The van der Waals surface area contributed by atoms with Crippen LogP contribution in [-0.2, 0) is 4.79 Å². The molecule has 0 bridgehead atoms. The summed E-state index contributed by atoms with van der Waals surface area (Å²) in [6.07, 6.45) is 10.8. The Kier molecular flexibility index (Phi) is 12.4. The van der Waals surface area contributed by atoms with Crippen molar-refractivity contribution in [1.82, 2.24) is 0 Å². The van der Waals surface area contributed by atoms with Gasteiger partial charge >= 0.3 is 0 Å². The summed E-state index contributed by atoms with van der Waals surface area (Å²) in [4.78, 5) is 17.0. The summed E-state index contributed by atoms with van der Waals surface area (Å²) in [6.45, 7) is 2.24. The van der Waals surface area contributed by atoms with Crippen molar-refractivity contribution in [3.8, 4) is 0 Å². The maximum absolute atomic E-state index is 12.5. The first-order chi connectivity index (χ1) is 18.6. The third kappa shape index (κ3) is 10.0. The van der Waals surface area contributed by atoms with Crippen molar-refractivity contribution in [2.24, 2.45) is 4.99 Å². The molecule has 1 aliphatic rings. The summed E-state index contributed by atoms with van der Waals surface area (Å²) in [5, 5.41) is 37.9. The fourth-order valence-electron chi connectivity index (χ4n) is 4.01. The van der Waals surface area contributed by atoms with Crippen LogP contribution in [0.2, 0.25) is 0 Å². The molecule has 2 aromatic rings. The summed E-state index contributed by atoms with van der Waals surface area (Å²) in [5.74, 6) is -0.478. The number of hydrogen-bond acceptors (Lipinski definition) is 8. The van der Waals surface area contributed by atoms with Gasteiger partial charge in [-0.05, 0) is 80.3 Å². The Morgan fingerprint density at radius 3 is 1.68 bits per heavy atom. The monoisotopic (exact) mass is 520 g/mol. The van der Waals surface area contributed by atoms with Crippen LogP contribution in [0, 0.1) is 0 Å². The molecule has 204 valence electrons. The quantitative estimate of drug-likeness (QED) is 0.117. The Labute approximate surface area is 225 Å². The Hall–Kier alpha value is -3.62. The van der Waals surface area contributed by atoms with Crippen LogP contribution in [0.25, 0.3) is 0 Å². The SMILES string of the molecule is O=C1C=C(O)C(Nc2ccc(NCCCCCCO)cc2)=CC1=Nc1ccc(NCCCCCCO)cc1. The van der Waals surface area contributed by atoms with E-state index in [-0.39, 0.29) is 30.5 Å². The summed E-state index contributed by atoms with van der Waals surface area (Å²) in [7, 11) is 0. The van der Waals surface area contributed by atoms with Gasteiger partial charge in [0.05, 0.1) is 11.4 Å². The van der Waals surface area contributed by atoms with Crippen molar-refractivity contribution in [1.29, 1.82) is 0 Å². The number of nitrogens with zero attached hydrogens (tertiary/aromatic N) is 1. The average Bonchev–Trinajstić information content (AvgIpc) is 2.92. The zero-order valence-electron chi connectivity index (χ0n) is 22.0. The molecule has 38 heavy (non-hydrogen) atoms. The Morgan fingerprint density at radius 1 is 0.632 bits per heavy atom. The third-order valence-electron chi connectivity index (χ3n) is 6.19. The smallest absolute Gasteiger partial charge is 0.208 e. The molecule has 0 saturated heterocycles. The van der Waals surface area contributed by atoms with Crippen LogP contribution in [0.3, 0.4) is 0 Å². The lowest BCUT2D eigenvalue weighted by molar-refractivity contribution is -0.109. The van der Waals surface area contributed by atoms with E-state index in [9.17, 15) is 9.90 Å². The Morgan fingerprint density at radius 2 is 1.13 bits per heavy atom. The first-order valence-electron chi connectivity index (χ1n) is 13.5. The molecule has 0 fully saturated rings. The second-order valence-corrected chi connectivity index (χ2v) is 9.33. The van der Waals surface area contributed by atoms with Gasteiger partial charge in [-0.2, -0.15) is 0 Å². The molecule has 6 N–H and O–H groups in total. The number of carbonyl (C=O) groups is 1. The van der Waals surface area contributed by atoms with E-state index >= 15 is 0 Å². The molecule has 0 atom stereocenters. The molecule has 8 heteroatoms. The van der Waals surface area contributed by atoms with Crippen molar-refractivity contribution in [3.63, 3.8) is 0 Å². The molecule has 0 spiro atoms.